The Kier molecular flexibility index (Phi) is 5.23. The smallest absolute Gasteiger partial charge is 0.269 e. The van der Waals surface area contributed by atoms with Crippen LogP contribution in [-0.2, 0) is 24.1 Å². The molecule has 186 valence electrons. The van der Waals surface area contributed by atoms with Crippen LogP contribution in [0, 0.1) is 11.8 Å². The third-order valence-corrected chi connectivity index (χ3v) is 9.01. The van der Waals surface area contributed by atoms with Crippen LogP contribution in [0.1, 0.15) is 39.5 Å². The van der Waals surface area contributed by atoms with Gasteiger partial charge in [0.25, 0.3) is 11.8 Å². The van der Waals surface area contributed by atoms with Crippen LogP contribution in [0.2, 0.25) is 0 Å². The number of carbonyl (C=O) groups excluding carboxylic acids is 4. The number of hydrogen-bond donors (Lipinski definition) is 2. The Bertz CT molecular complexity index is 1370. The molecule has 7 rings (SSSR count). The van der Waals surface area contributed by atoms with Crippen molar-refractivity contribution >= 4 is 46.8 Å². The Morgan fingerprint density at radius 2 is 1.14 bits per heavy atom. The number of imide groups is 1. The number of amides is 4. The molecular weight excluding hydrogens is 513 g/mol. The zero-order valence-corrected chi connectivity index (χ0v) is 21.1. The average molecular weight is 534 g/mol. The van der Waals surface area contributed by atoms with Gasteiger partial charge in [0.2, 0.25) is 11.8 Å². The monoisotopic (exact) mass is 533 g/mol. The molecule has 2 bridgehead atoms. The van der Waals surface area contributed by atoms with E-state index in [1.807, 2.05) is 48.5 Å². The van der Waals surface area contributed by atoms with Gasteiger partial charge >= 0.3 is 0 Å². The highest BCUT2D eigenvalue weighted by molar-refractivity contribution is 6.36. The summed E-state index contributed by atoms with van der Waals surface area (Å²) in [5.74, 6) is -4.40. The summed E-state index contributed by atoms with van der Waals surface area (Å²) in [4.78, 5) is 51.4. The normalized spacial score (nSPS) is 27.7. The van der Waals surface area contributed by atoms with Crippen molar-refractivity contribution in [3.8, 4) is 0 Å². The van der Waals surface area contributed by atoms with Gasteiger partial charge in [-0.25, -0.2) is 0 Å². The summed E-state index contributed by atoms with van der Waals surface area (Å²) < 4.78 is 0. The molecule has 7 nitrogen and oxygen atoms in total. The van der Waals surface area contributed by atoms with Gasteiger partial charge in [-0.3, -0.25) is 34.9 Å². The number of halogens is 2. The van der Waals surface area contributed by atoms with E-state index in [0.717, 1.165) is 4.90 Å². The van der Waals surface area contributed by atoms with E-state index in [1.165, 1.54) is 6.92 Å². The molecule has 1 heterocycles. The van der Waals surface area contributed by atoms with Crippen molar-refractivity contribution in [1.29, 1.82) is 0 Å². The molecule has 3 atom stereocenters. The third-order valence-electron chi connectivity index (χ3n) is 7.72. The Hall–Kier alpha value is -3.68. The van der Waals surface area contributed by atoms with E-state index in [4.69, 9.17) is 23.2 Å². The van der Waals surface area contributed by atoms with E-state index in [0.29, 0.717) is 27.8 Å². The number of hydrazine groups is 1. The molecule has 1 aliphatic heterocycles. The van der Waals surface area contributed by atoms with Crippen molar-refractivity contribution in [3.05, 3.63) is 107 Å². The van der Waals surface area contributed by atoms with Gasteiger partial charge in [-0.1, -0.05) is 66.7 Å². The summed E-state index contributed by atoms with van der Waals surface area (Å²) in [6.45, 7) is 1.43. The van der Waals surface area contributed by atoms with Gasteiger partial charge < -0.3 is 0 Å². The minimum Gasteiger partial charge on any atom is -0.274 e. The van der Waals surface area contributed by atoms with Crippen LogP contribution < -0.4 is 10.9 Å². The van der Waals surface area contributed by atoms with Crippen molar-refractivity contribution in [1.82, 2.24) is 15.8 Å². The number of nitrogens with zero attached hydrogens (tertiary/aromatic N) is 1. The predicted molar refractivity (Wildman–Crippen MR) is 136 cm³/mol. The maximum atomic E-state index is 13.9. The topological polar surface area (TPSA) is 95.6 Å². The zero-order chi connectivity index (χ0) is 26.1. The quantitative estimate of drug-likeness (QED) is 0.306. The highest BCUT2D eigenvalue weighted by Gasteiger charge is 2.73. The van der Waals surface area contributed by atoms with Crippen LogP contribution in [0.25, 0.3) is 0 Å². The summed E-state index contributed by atoms with van der Waals surface area (Å²) in [5.41, 5.74) is 7.72. The number of nitrogens with one attached hydrogen (secondary N) is 2. The summed E-state index contributed by atoms with van der Waals surface area (Å²) in [6.07, 6.45) is 0. The molecule has 0 unspecified atom stereocenters. The van der Waals surface area contributed by atoms with Crippen molar-refractivity contribution in [2.75, 3.05) is 0 Å². The van der Waals surface area contributed by atoms with Gasteiger partial charge in [0.15, 0.2) is 0 Å². The molecule has 3 aliphatic carbocycles. The van der Waals surface area contributed by atoms with E-state index in [1.54, 1.807) is 30.3 Å². The van der Waals surface area contributed by atoms with Gasteiger partial charge in [-0.2, -0.15) is 0 Å². The Labute approximate surface area is 222 Å². The number of benzene rings is 3. The molecule has 0 aromatic heterocycles. The van der Waals surface area contributed by atoms with Crippen molar-refractivity contribution in [2.24, 2.45) is 11.8 Å². The zero-order valence-electron chi connectivity index (χ0n) is 19.6. The number of hydrogen-bond acceptors (Lipinski definition) is 4. The second-order valence-electron chi connectivity index (χ2n) is 9.50. The number of rotatable bonds is 3. The highest BCUT2D eigenvalue weighted by atomic mass is 35.5. The van der Waals surface area contributed by atoms with E-state index >= 15 is 0 Å². The van der Waals surface area contributed by atoms with Crippen molar-refractivity contribution in [3.63, 3.8) is 0 Å². The van der Waals surface area contributed by atoms with Gasteiger partial charge in [0.05, 0.1) is 11.8 Å². The molecular formula is C28H21Cl2N3O4. The number of carbonyl (C=O) groups is 4. The molecule has 1 fully saturated rings. The summed E-state index contributed by atoms with van der Waals surface area (Å²) in [6, 6.07) is 21.8. The minimum atomic E-state index is -1.33. The number of alkyl halides is 2. The first kappa shape index (κ1) is 23.7. The Balaban J connectivity index is 1.35. The standard InChI is InChI=1S/C28H21Cl2N3O4/c1-15(23(34)31-32-24(35)16-9-3-2-4-10-16)33-25(36)21-22(26(33)37)28(30)18-12-6-5-11-17(18)27(21,29)19-13-7-8-14-20(19)28/h2-15,21-22H,1H3,(H,31,34)(H,32,35)/t15-,21-,22-,27?,28?/m1/s1. The maximum Gasteiger partial charge on any atom is 0.269 e. The third kappa shape index (κ3) is 3.01. The molecule has 3 aromatic rings. The molecule has 2 N–H and O–H groups in total. The molecule has 4 aliphatic rings. The first-order valence-electron chi connectivity index (χ1n) is 11.8. The Morgan fingerprint density at radius 1 is 0.730 bits per heavy atom. The highest BCUT2D eigenvalue weighted by Crippen LogP contribution is 2.69. The maximum absolute atomic E-state index is 13.9. The predicted octanol–water partition coefficient (Wildman–Crippen LogP) is 3.43. The summed E-state index contributed by atoms with van der Waals surface area (Å²) >= 11 is 14.8. The fourth-order valence-electron chi connectivity index (χ4n) is 6.07. The molecule has 0 spiro atoms. The first-order chi connectivity index (χ1) is 17.7. The van der Waals surface area contributed by atoms with Gasteiger partial charge in [0, 0.05) is 5.56 Å². The van der Waals surface area contributed by atoms with Crippen LogP contribution in [0.5, 0.6) is 0 Å². The van der Waals surface area contributed by atoms with Gasteiger partial charge in [0.1, 0.15) is 15.8 Å². The van der Waals surface area contributed by atoms with Crippen LogP contribution in [0.15, 0.2) is 78.9 Å². The molecule has 0 saturated carbocycles. The van der Waals surface area contributed by atoms with Crippen LogP contribution in [0.3, 0.4) is 0 Å². The fraction of sp³-hybridized carbons (Fsp3) is 0.214. The summed E-state index contributed by atoms with van der Waals surface area (Å²) in [7, 11) is 0. The fourth-order valence-corrected chi connectivity index (χ4v) is 7.17. The van der Waals surface area contributed by atoms with E-state index in [-0.39, 0.29) is 0 Å². The second-order valence-corrected chi connectivity index (χ2v) is 10.7. The average Bonchev–Trinajstić information content (AvgIpc) is 3.21. The van der Waals surface area contributed by atoms with Gasteiger partial charge in [-0.05, 0) is 41.3 Å². The van der Waals surface area contributed by atoms with E-state index in [9.17, 15) is 19.2 Å². The van der Waals surface area contributed by atoms with Crippen LogP contribution in [-0.4, -0.2) is 34.6 Å². The largest absolute Gasteiger partial charge is 0.274 e. The first-order valence-corrected chi connectivity index (χ1v) is 12.6. The lowest BCUT2D eigenvalue weighted by Gasteiger charge is -2.54. The second kappa shape index (κ2) is 8.16. The lowest BCUT2D eigenvalue weighted by atomic mass is 9.54. The summed E-state index contributed by atoms with van der Waals surface area (Å²) in [5, 5.41) is 0. The number of likely N-dealkylation sites (tertiary alicyclic amines) is 1. The Morgan fingerprint density at radius 3 is 1.57 bits per heavy atom. The molecule has 37 heavy (non-hydrogen) atoms. The molecule has 4 amide bonds. The van der Waals surface area contributed by atoms with Crippen molar-refractivity contribution in [2.45, 2.75) is 22.7 Å². The lowest BCUT2D eigenvalue weighted by Crippen LogP contribution is -2.57. The minimum absolute atomic E-state index is 0.343. The van der Waals surface area contributed by atoms with Crippen LogP contribution >= 0.6 is 23.2 Å². The molecule has 3 aromatic carbocycles. The molecule has 9 heteroatoms. The molecule has 0 radical (unpaired) electrons. The van der Waals surface area contributed by atoms with Gasteiger partial charge in [-0.15, -0.1) is 23.2 Å². The van der Waals surface area contributed by atoms with E-state index in [2.05, 4.69) is 10.9 Å². The van der Waals surface area contributed by atoms with E-state index < -0.39 is 51.3 Å². The SMILES string of the molecule is C[C@H](C(=O)NNC(=O)c1ccccc1)N1C(=O)[C@H]2[C@H](C1=O)C1(Cl)c3ccccc3C2(Cl)c2ccccc21. The van der Waals surface area contributed by atoms with Crippen molar-refractivity contribution < 1.29 is 19.2 Å². The lowest BCUT2D eigenvalue weighted by molar-refractivity contribution is -0.147. The molecule has 1 saturated heterocycles. The van der Waals surface area contributed by atoms with Crippen LogP contribution in [0.4, 0.5) is 0 Å².